The zero-order valence-corrected chi connectivity index (χ0v) is 10.8. The number of carbonyl (C=O) groups is 2. The van der Waals surface area contributed by atoms with E-state index in [4.69, 9.17) is 4.74 Å². The van der Waals surface area contributed by atoms with Crippen LogP contribution in [0.2, 0.25) is 0 Å². The third-order valence-corrected chi connectivity index (χ3v) is 3.24. The minimum atomic E-state index is -0.732. The SMILES string of the molecule is C=C(C)[C@@H]1CCC(C)=C(OC(=O)C(=O)CC)C1. The van der Waals surface area contributed by atoms with Crippen LogP contribution in [0.1, 0.15) is 46.5 Å². The predicted octanol–water partition coefficient (Wildman–Crippen LogP) is 3.16. The maximum atomic E-state index is 11.4. The summed E-state index contributed by atoms with van der Waals surface area (Å²) < 4.78 is 5.19. The van der Waals surface area contributed by atoms with Crippen LogP contribution in [0.15, 0.2) is 23.5 Å². The Bertz CT molecular complexity index is 377. The van der Waals surface area contributed by atoms with Crippen LogP contribution in [0.5, 0.6) is 0 Å². The minimum Gasteiger partial charge on any atom is -0.425 e. The van der Waals surface area contributed by atoms with Crippen molar-refractivity contribution in [2.75, 3.05) is 0 Å². The zero-order valence-electron chi connectivity index (χ0n) is 10.8. The molecule has 0 bridgehead atoms. The van der Waals surface area contributed by atoms with E-state index in [1.54, 1.807) is 6.92 Å². The fourth-order valence-corrected chi connectivity index (χ4v) is 1.89. The number of ether oxygens (including phenoxy) is 1. The lowest BCUT2D eigenvalue weighted by atomic mass is 9.85. The molecule has 0 heterocycles. The molecule has 0 aromatic heterocycles. The molecule has 1 aliphatic rings. The molecule has 3 nitrogen and oxygen atoms in total. The van der Waals surface area contributed by atoms with Gasteiger partial charge in [0.25, 0.3) is 0 Å². The van der Waals surface area contributed by atoms with E-state index in [0.29, 0.717) is 18.1 Å². The van der Waals surface area contributed by atoms with Crippen molar-refractivity contribution < 1.29 is 14.3 Å². The van der Waals surface area contributed by atoms with E-state index >= 15 is 0 Å². The Morgan fingerprint density at radius 1 is 1.47 bits per heavy atom. The summed E-state index contributed by atoms with van der Waals surface area (Å²) in [6.07, 6.45) is 2.82. The molecule has 1 atom stereocenters. The lowest BCUT2D eigenvalue weighted by molar-refractivity contribution is -0.151. The van der Waals surface area contributed by atoms with Gasteiger partial charge >= 0.3 is 5.97 Å². The summed E-state index contributed by atoms with van der Waals surface area (Å²) in [6.45, 7) is 9.53. The van der Waals surface area contributed by atoms with Gasteiger partial charge in [0, 0.05) is 12.8 Å². The molecule has 0 unspecified atom stereocenters. The number of allylic oxidation sites excluding steroid dienone is 3. The molecule has 0 aromatic carbocycles. The molecule has 0 saturated carbocycles. The second kappa shape index (κ2) is 5.80. The summed E-state index contributed by atoms with van der Waals surface area (Å²) in [5.74, 6) is -0.179. The van der Waals surface area contributed by atoms with Crippen LogP contribution in [0, 0.1) is 5.92 Å². The monoisotopic (exact) mass is 236 g/mol. The number of ketones is 1. The van der Waals surface area contributed by atoms with E-state index in [1.165, 1.54) is 0 Å². The average Bonchev–Trinajstić information content (AvgIpc) is 2.30. The Kier molecular flexibility index (Phi) is 4.67. The van der Waals surface area contributed by atoms with E-state index in [1.807, 2.05) is 13.8 Å². The van der Waals surface area contributed by atoms with Crippen molar-refractivity contribution in [2.45, 2.75) is 46.5 Å². The second-order valence-electron chi connectivity index (χ2n) is 4.66. The summed E-state index contributed by atoms with van der Waals surface area (Å²) >= 11 is 0. The zero-order chi connectivity index (χ0) is 13.0. The fourth-order valence-electron chi connectivity index (χ4n) is 1.89. The number of Topliss-reactive ketones (excluding diaryl/α,β-unsaturated/α-hetero) is 1. The Labute approximate surface area is 103 Å². The predicted molar refractivity (Wildman–Crippen MR) is 66.2 cm³/mol. The lowest BCUT2D eigenvalue weighted by Gasteiger charge is -2.25. The largest absolute Gasteiger partial charge is 0.425 e. The highest BCUT2D eigenvalue weighted by molar-refractivity contribution is 6.33. The van der Waals surface area contributed by atoms with Gasteiger partial charge in [-0.15, -0.1) is 0 Å². The minimum absolute atomic E-state index is 0.190. The number of esters is 1. The van der Waals surface area contributed by atoms with Crippen molar-refractivity contribution in [2.24, 2.45) is 5.92 Å². The smallest absolute Gasteiger partial charge is 0.379 e. The molecule has 0 aromatic rings. The second-order valence-corrected chi connectivity index (χ2v) is 4.66. The van der Waals surface area contributed by atoms with Gasteiger partial charge in [-0.05, 0) is 38.2 Å². The fraction of sp³-hybridized carbons (Fsp3) is 0.571. The molecule has 3 heteroatoms. The van der Waals surface area contributed by atoms with Crippen molar-refractivity contribution in [3.05, 3.63) is 23.5 Å². The third-order valence-electron chi connectivity index (χ3n) is 3.24. The maximum absolute atomic E-state index is 11.4. The van der Waals surface area contributed by atoms with Gasteiger partial charge in [0.1, 0.15) is 5.76 Å². The summed E-state index contributed by atoms with van der Waals surface area (Å²) in [5, 5.41) is 0. The first-order chi connectivity index (χ1) is 7.95. The van der Waals surface area contributed by atoms with E-state index < -0.39 is 11.8 Å². The summed E-state index contributed by atoms with van der Waals surface area (Å²) in [6, 6.07) is 0. The van der Waals surface area contributed by atoms with Gasteiger partial charge in [-0.2, -0.15) is 0 Å². The highest BCUT2D eigenvalue weighted by atomic mass is 16.5. The molecule has 0 radical (unpaired) electrons. The molecule has 0 fully saturated rings. The van der Waals surface area contributed by atoms with Crippen molar-refractivity contribution in [3.63, 3.8) is 0 Å². The molecule has 94 valence electrons. The molecule has 0 saturated heterocycles. The van der Waals surface area contributed by atoms with Crippen LogP contribution < -0.4 is 0 Å². The normalized spacial score (nSPS) is 20.1. The molecule has 1 aliphatic carbocycles. The number of hydrogen-bond donors (Lipinski definition) is 0. The standard InChI is InChI=1S/C14H20O3/c1-5-12(15)14(16)17-13-8-11(9(2)3)7-6-10(13)4/h11H,2,5-8H2,1,3-4H3/t11-/m1/s1. The van der Waals surface area contributed by atoms with Crippen LogP contribution in [0.4, 0.5) is 0 Å². The Morgan fingerprint density at radius 2 is 2.12 bits per heavy atom. The molecule has 0 spiro atoms. The van der Waals surface area contributed by atoms with Crippen LogP contribution in [0.3, 0.4) is 0 Å². The highest BCUT2D eigenvalue weighted by Gasteiger charge is 2.24. The van der Waals surface area contributed by atoms with Crippen LogP contribution in [-0.4, -0.2) is 11.8 Å². The van der Waals surface area contributed by atoms with Gasteiger partial charge in [0.15, 0.2) is 0 Å². The van der Waals surface area contributed by atoms with Gasteiger partial charge in [0.2, 0.25) is 5.78 Å². The first kappa shape index (κ1) is 13.7. The van der Waals surface area contributed by atoms with Crippen molar-refractivity contribution in [1.29, 1.82) is 0 Å². The topological polar surface area (TPSA) is 43.4 Å². The van der Waals surface area contributed by atoms with Gasteiger partial charge in [0.05, 0.1) is 0 Å². The Morgan fingerprint density at radius 3 is 2.65 bits per heavy atom. The van der Waals surface area contributed by atoms with Crippen molar-refractivity contribution in [3.8, 4) is 0 Å². The Balaban J connectivity index is 2.72. The van der Waals surface area contributed by atoms with Gasteiger partial charge in [-0.3, -0.25) is 4.79 Å². The highest BCUT2D eigenvalue weighted by Crippen LogP contribution is 2.33. The average molecular weight is 236 g/mol. The van der Waals surface area contributed by atoms with E-state index in [9.17, 15) is 9.59 Å². The van der Waals surface area contributed by atoms with Gasteiger partial charge in [-0.25, -0.2) is 4.79 Å². The van der Waals surface area contributed by atoms with E-state index in [-0.39, 0.29) is 6.42 Å². The first-order valence-electron chi connectivity index (χ1n) is 6.04. The van der Waals surface area contributed by atoms with Gasteiger partial charge in [-0.1, -0.05) is 19.1 Å². The number of rotatable bonds is 4. The maximum Gasteiger partial charge on any atom is 0.379 e. The number of carbonyl (C=O) groups excluding carboxylic acids is 2. The van der Waals surface area contributed by atoms with Crippen LogP contribution >= 0.6 is 0 Å². The molecule has 0 aliphatic heterocycles. The van der Waals surface area contributed by atoms with E-state index in [2.05, 4.69) is 6.58 Å². The molecule has 0 amide bonds. The molecular weight excluding hydrogens is 216 g/mol. The van der Waals surface area contributed by atoms with Crippen LogP contribution in [0.25, 0.3) is 0 Å². The Hall–Kier alpha value is -1.38. The number of hydrogen-bond acceptors (Lipinski definition) is 3. The van der Waals surface area contributed by atoms with E-state index in [0.717, 1.165) is 24.0 Å². The summed E-state index contributed by atoms with van der Waals surface area (Å²) in [4.78, 5) is 22.6. The third kappa shape index (κ3) is 3.55. The van der Waals surface area contributed by atoms with Crippen molar-refractivity contribution >= 4 is 11.8 Å². The van der Waals surface area contributed by atoms with Crippen LogP contribution in [-0.2, 0) is 14.3 Å². The summed E-state index contributed by atoms with van der Waals surface area (Å²) in [5.41, 5.74) is 2.17. The lowest BCUT2D eigenvalue weighted by Crippen LogP contribution is -2.20. The van der Waals surface area contributed by atoms with Crippen molar-refractivity contribution in [1.82, 2.24) is 0 Å². The molecule has 1 rings (SSSR count). The molecule has 0 N–H and O–H groups in total. The van der Waals surface area contributed by atoms with Gasteiger partial charge < -0.3 is 4.74 Å². The first-order valence-corrected chi connectivity index (χ1v) is 6.04. The summed E-state index contributed by atoms with van der Waals surface area (Å²) in [7, 11) is 0. The quantitative estimate of drug-likeness (QED) is 0.428. The molecule has 17 heavy (non-hydrogen) atoms. The molecular formula is C14H20O3.